The molecule has 1 aromatic heterocycles. The molecular weight excluding hydrogens is 292 g/mol. The van der Waals surface area contributed by atoms with Crippen molar-refractivity contribution in [3.8, 4) is 5.75 Å². The third-order valence-corrected chi connectivity index (χ3v) is 3.91. The lowest BCUT2D eigenvalue weighted by Crippen LogP contribution is -2.49. The third-order valence-electron chi connectivity index (χ3n) is 3.91. The van der Waals surface area contributed by atoms with Crippen LogP contribution in [0.2, 0.25) is 0 Å². The molecule has 0 spiro atoms. The highest BCUT2D eigenvalue weighted by Crippen LogP contribution is 2.22. The van der Waals surface area contributed by atoms with Gasteiger partial charge in [-0.05, 0) is 43.5 Å². The number of pyridine rings is 1. The van der Waals surface area contributed by atoms with E-state index in [4.69, 9.17) is 4.74 Å². The molecule has 0 saturated carbocycles. The van der Waals surface area contributed by atoms with Crippen LogP contribution in [0.25, 0.3) is 0 Å². The van der Waals surface area contributed by atoms with Crippen molar-refractivity contribution in [2.24, 2.45) is 0 Å². The van der Waals surface area contributed by atoms with Crippen LogP contribution in [0.5, 0.6) is 5.75 Å². The van der Waals surface area contributed by atoms with E-state index in [-0.39, 0.29) is 11.9 Å². The lowest BCUT2D eigenvalue weighted by Gasteiger charge is -2.34. The number of hydrogen-bond acceptors (Lipinski definition) is 4. The fourth-order valence-electron chi connectivity index (χ4n) is 2.75. The average Bonchev–Trinajstić information content (AvgIpc) is 2.62. The van der Waals surface area contributed by atoms with Gasteiger partial charge in [0.15, 0.2) is 0 Å². The van der Waals surface area contributed by atoms with Gasteiger partial charge in [0, 0.05) is 18.9 Å². The highest BCUT2D eigenvalue weighted by Gasteiger charge is 2.34. The Hall–Kier alpha value is -2.69. The lowest BCUT2D eigenvalue weighted by atomic mass is 10.0. The van der Waals surface area contributed by atoms with Gasteiger partial charge in [-0.2, -0.15) is 0 Å². The van der Waals surface area contributed by atoms with Gasteiger partial charge in [-0.15, -0.1) is 0 Å². The topological polar surface area (TPSA) is 59.5 Å². The number of aromatic nitrogens is 1. The first kappa shape index (κ1) is 15.2. The van der Waals surface area contributed by atoms with Crippen molar-refractivity contribution in [1.29, 1.82) is 0 Å². The van der Waals surface area contributed by atoms with Crippen molar-refractivity contribution < 1.29 is 14.3 Å². The van der Waals surface area contributed by atoms with Gasteiger partial charge in [-0.1, -0.05) is 18.2 Å². The lowest BCUT2D eigenvalue weighted by molar-refractivity contribution is -0.140. The molecule has 2 aromatic rings. The Morgan fingerprint density at radius 2 is 1.91 bits per heavy atom. The average molecular weight is 310 g/mol. The van der Waals surface area contributed by atoms with Crippen LogP contribution in [0.4, 0.5) is 0 Å². The summed E-state index contributed by atoms with van der Waals surface area (Å²) in [5, 5.41) is 0. The van der Waals surface area contributed by atoms with Gasteiger partial charge in [0.25, 0.3) is 5.91 Å². The van der Waals surface area contributed by atoms with E-state index >= 15 is 0 Å². The van der Waals surface area contributed by atoms with Crippen molar-refractivity contribution in [1.82, 2.24) is 9.88 Å². The van der Waals surface area contributed by atoms with E-state index in [2.05, 4.69) is 4.98 Å². The van der Waals surface area contributed by atoms with Crippen LogP contribution in [0, 0.1) is 0 Å². The number of likely N-dealkylation sites (tertiary alicyclic amines) is 1. The molecule has 1 aliphatic rings. The first-order chi connectivity index (χ1) is 11.3. The zero-order valence-electron chi connectivity index (χ0n) is 12.7. The van der Waals surface area contributed by atoms with Gasteiger partial charge in [-0.25, -0.2) is 4.79 Å². The number of esters is 1. The maximum atomic E-state index is 12.6. The number of benzene rings is 1. The number of carbonyl (C=O) groups is 2. The van der Waals surface area contributed by atoms with E-state index in [0.717, 1.165) is 12.8 Å². The quantitative estimate of drug-likeness (QED) is 0.646. The van der Waals surface area contributed by atoms with Crippen LogP contribution in [0.3, 0.4) is 0 Å². The number of para-hydroxylation sites is 1. The zero-order valence-corrected chi connectivity index (χ0v) is 12.7. The van der Waals surface area contributed by atoms with Crippen molar-refractivity contribution in [3.63, 3.8) is 0 Å². The Kier molecular flexibility index (Phi) is 4.66. The van der Waals surface area contributed by atoms with E-state index < -0.39 is 6.04 Å². The molecule has 5 heteroatoms. The molecule has 1 amide bonds. The summed E-state index contributed by atoms with van der Waals surface area (Å²) in [4.78, 5) is 30.7. The maximum Gasteiger partial charge on any atom is 0.334 e. The Morgan fingerprint density at radius 1 is 1.09 bits per heavy atom. The summed E-state index contributed by atoms with van der Waals surface area (Å²) in [6, 6.07) is 11.8. The monoisotopic (exact) mass is 310 g/mol. The highest BCUT2D eigenvalue weighted by atomic mass is 16.5. The van der Waals surface area contributed by atoms with Crippen LogP contribution >= 0.6 is 0 Å². The molecule has 1 aromatic carbocycles. The smallest absolute Gasteiger partial charge is 0.334 e. The number of carbonyl (C=O) groups excluding carboxylic acids is 2. The molecule has 23 heavy (non-hydrogen) atoms. The van der Waals surface area contributed by atoms with Crippen molar-refractivity contribution in [2.75, 3.05) is 6.54 Å². The molecule has 118 valence electrons. The molecule has 1 saturated heterocycles. The van der Waals surface area contributed by atoms with E-state index in [1.54, 1.807) is 35.4 Å². The number of ether oxygens (including phenoxy) is 1. The van der Waals surface area contributed by atoms with Crippen LogP contribution in [-0.4, -0.2) is 34.3 Å². The zero-order chi connectivity index (χ0) is 16.1. The van der Waals surface area contributed by atoms with Crippen LogP contribution in [0.15, 0.2) is 54.9 Å². The molecular formula is C18H18N2O3. The second-order valence-electron chi connectivity index (χ2n) is 5.49. The normalized spacial score (nSPS) is 17.6. The largest absolute Gasteiger partial charge is 0.425 e. The number of piperidine rings is 1. The SMILES string of the molecule is O=C(Oc1ccccc1)C1CCCCN1C(=O)c1cccnc1. The molecule has 0 N–H and O–H groups in total. The van der Waals surface area contributed by atoms with Crippen LogP contribution in [0.1, 0.15) is 29.6 Å². The minimum Gasteiger partial charge on any atom is -0.425 e. The molecule has 0 bridgehead atoms. The van der Waals surface area contributed by atoms with E-state index in [0.29, 0.717) is 24.3 Å². The fourth-order valence-corrected chi connectivity index (χ4v) is 2.75. The number of nitrogens with zero attached hydrogens (tertiary/aromatic N) is 2. The summed E-state index contributed by atoms with van der Waals surface area (Å²) in [7, 11) is 0. The second-order valence-corrected chi connectivity index (χ2v) is 5.49. The molecule has 0 radical (unpaired) electrons. The van der Waals surface area contributed by atoms with Gasteiger partial charge < -0.3 is 9.64 Å². The molecule has 1 fully saturated rings. The molecule has 2 heterocycles. The predicted octanol–water partition coefficient (Wildman–Crippen LogP) is 2.68. The van der Waals surface area contributed by atoms with Crippen molar-refractivity contribution in [2.45, 2.75) is 25.3 Å². The second kappa shape index (κ2) is 7.05. The van der Waals surface area contributed by atoms with Gasteiger partial charge in [0.05, 0.1) is 5.56 Å². The molecule has 1 unspecified atom stereocenters. The third kappa shape index (κ3) is 3.56. The summed E-state index contributed by atoms with van der Waals surface area (Å²) in [6.45, 7) is 0.558. The Morgan fingerprint density at radius 3 is 2.65 bits per heavy atom. The molecule has 0 aliphatic carbocycles. The Labute approximate surface area is 134 Å². The van der Waals surface area contributed by atoms with Gasteiger partial charge >= 0.3 is 5.97 Å². The predicted molar refractivity (Wildman–Crippen MR) is 85.0 cm³/mol. The van der Waals surface area contributed by atoms with Crippen molar-refractivity contribution in [3.05, 3.63) is 60.4 Å². The molecule has 3 rings (SSSR count). The number of amides is 1. The summed E-state index contributed by atoms with van der Waals surface area (Å²) < 4.78 is 5.42. The Bertz CT molecular complexity index is 673. The highest BCUT2D eigenvalue weighted by molar-refractivity contribution is 5.96. The van der Waals surface area contributed by atoms with Crippen LogP contribution < -0.4 is 4.74 Å². The van der Waals surface area contributed by atoms with E-state index in [1.807, 2.05) is 18.2 Å². The van der Waals surface area contributed by atoms with Gasteiger partial charge in [0.1, 0.15) is 11.8 Å². The van der Waals surface area contributed by atoms with E-state index in [1.165, 1.54) is 6.20 Å². The summed E-state index contributed by atoms with van der Waals surface area (Å²) in [5.41, 5.74) is 0.493. The van der Waals surface area contributed by atoms with Crippen molar-refractivity contribution >= 4 is 11.9 Å². The van der Waals surface area contributed by atoms with Gasteiger partial charge in [-0.3, -0.25) is 9.78 Å². The fraction of sp³-hybridized carbons (Fsp3) is 0.278. The first-order valence-electron chi connectivity index (χ1n) is 7.73. The van der Waals surface area contributed by atoms with E-state index in [9.17, 15) is 9.59 Å². The molecule has 1 aliphatic heterocycles. The first-order valence-corrected chi connectivity index (χ1v) is 7.73. The van der Waals surface area contributed by atoms with Crippen LogP contribution in [-0.2, 0) is 4.79 Å². The standard InChI is InChI=1S/C18H18N2O3/c21-17(14-7-6-11-19-13-14)20-12-5-4-10-16(20)18(22)23-15-8-2-1-3-9-15/h1-3,6-9,11,13,16H,4-5,10,12H2. The minimum absolute atomic E-state index is 0.173. The maximum absolute atomic E-state index is 12.6. The number of rotatable bonds is 3. The summed E-state index contributed by atoms with van der Waals surface area (Å²) >= 11 is 0. The van der Waals surface area contributed by atoms with Gasteiger partial charge in [0.2, 0.25) is 0 Å². The Balaban J connectivity index is 1.76. The minimum atomic E-state index is -0.545. The molecule has 5 nitrogen and oxygen atoms in total. The summed E-state index contributed by atoms with van der Waals surface area (Å²) in [5.74, 6) is -0.0576. The number of hydrogen-bond donors (Lipinski definition) is 0. The summed E-state index contributed by atoms with van der Waals surface area (Å²) in [6.07, 6.45) is 5.56. The molecule has 1 atom stereocenters.